The first-order valence-corrected chi connectivity index (χ1v) is 9.14. The fourth-order valence-corrected chi connectivity index (χ4v) is 5.76. The fourth-order valence-electron chi connectivity index (χ4n) is 5.76. The van der Waals surface area contributed by atoms with Gasteiger partial charge in [-0.1, -0.05) is 32.6 Å². The van der Waals surface area contributed by atoms with Crippen molar-refractivity contribution in [3.63, 3.8) is 0 Å². The van der Waals surface area contributed by atoms with Crippen LogP contribution in [-0.2, 0) is 0 Å². The molecule has 0 heterocycles. The maximum atomic E-state index is 2.80. The van der Waals surface area contributed by atoms with Crippen molar-refractivity contribution >= 4 is 0 Å². The van der Waals surface area contributed by atoms with Gasteiger partial charge in [0.15, 0.2) is 0 Å². The molecule has 4 saturated carbocycles. The lowest BCUT2D eigenvalue weighted by atomic mass is 9.53. The lowest BCUT2D eigenvalue weighted by molar-refractivity contribution is -0.739. The van der Waals surface area contributed by atoms with Crippen LogP contribution >= 0.6 is 0 Å². The van der Waals surface area contributed by atoms with Crippen LogP contribution in [0.4, 0.5) is 0 Å². The Morgan fingerprint density at radius 2 is 1.32 bits per heavy atom. The van der Waals surface area contributed by atoms with E-state index in [1.807, 2.05) is 0 Å². The molecule has 0 aliphatic heterocycles. The Balaban J connectivity index is 1.36. The van der Waals surface area contributed by atoms with E-state index in [0.717, 1.165) is 23.3 Å². The Morgan fingerprint density at radius 3 is 1.89 bits per heavy atom. The average Bonchev–Trinajstić information content (AvgIpc) is 2.36. The van der Waals surface area contributed by atoms with Gasteiger partial charge in [0.25, 0.3) is 0 Å². The van der Waals surface area contributed by atoms with Gasteiger partial charge in [0.2, 0.25) is 0 Å². The van der Waals surface area contributed by atoms with E-state index in [4.69, 9.17) is 0 Å². The molecule has 0 unspecified atom stereocenters. The van der Waals surface area contributed by atoms with Crippen molar-refractivity contribution in [3.05, 3.63) is 0 Å². The van der Waals surface area contributed by atoms with E-state index < -0.39 is 0 Å². The number of hydrogen-bond donors (Lipinski definition) is 1. The Labute approximate surface area is 119 Å². The van der Waals surface area contributed by atoms with E-state index >= 15 is 0 Å². The zero-order chi connectivity index (χ0) is 13.1. The van der Waals surface area contributed by atoms with Crippen molar-refractivity contribution in [1.82, 2.24) is 0 Å². The van der Waals surface area contributed by atoms with Gasteiger partial charge in [-0.05, 0) is 49.9 Å². The third-order valence-electron chi connectivity index (χ3n) is 6.22. The molecule has 0 atom stereocenters. The lowest BCUT2D eigenvalue weighted by Gasteiger charge is -2.54. The van der Waals surface area contributed by atoms with Crippen LogP contribution in [0.5, 0.6) is 0 Å². The fraction of sp³-hybridized carbons (Fsp3) is 1.00. The minimum Gasteiger partial charge on any atom is -0.341 e. The summed E-state index contributed by atoms with van der Waals surface area (Å²) in [5, 5.41) is 2.80. The normalized spacial score (nSPS) is 39.9. The quantitative estimate of drug-likeness (QED) is 0.641. The van der Waals surface area contributed by atoms with E-state index in [9.17, 15) is 0 Å². The van der Waals surface area contributed by atoms with Crippen LogP contribution in [-0.4, -0.2) is 12.1 Å². The van der Waals surface area contributed by atoms with E-state index in [-0.39, 0.29) is 0 Å². The predicted octanol–water partition coefficient (Wildman–Crippen LogP) is 3.88. The highest BCUT2D eigenvalue weighted by Gasteiger charge is 2.53. The van der Waals surface area contributed by atoms with Gasteiger partial charge in [0.1, 0.15) is 0 Å². The lowest BCUT2D eigenvalue weighted by Crippen LogP contribution is -2.99. The summed E-state index contributed by atoms with van der Waals surface area (Å²) in [4.78, 5) is 0. The maximum Gasteiger partial charge on any atom is 0.0969 e. The number of unbranched alkanes of at least 4 members (excludes halogenated alkanes) is 5. The van der Waals surface area contributed by atoms with E-state index in [1.54, 1.807) is 38.5 Å². The second-order valence-electron chi connectivity index (χ2n) is 8.04. The first kappa shape index (κ1) is 13.9. The molecule has 19 heavy (non-hydrogen) atoms. The van der Waals surface area contributed by atoms with E-state index in [0.29, 0.717) is 0 Å². The molecule has 0 radical (unpaired) electrons. The van der Waals surface area contributed by atoms with Gasteiger partial charge in [0.05, 0.1) is 12.1 Å². The molecule has 0 aromatic carbocycles. The number of rotatable bonds is 8. The molecule has 0 aromatic rings. The van der Waals surface area contributed by atoms with Crippen LogP contribution in [0.3, 0.4) is 0 Å². The van der Waals surface area contributed by atoms with Gasteiger partial charge in [-0.3, -0.25) is 0 Å². The highest BCUT2D eigenvalue weighted by atomic mass is 15.0. The summed E-state index contributed by atoms with van der Waals surface area (Å²) in [6, 6.07) is 0. The minimum atomic E-state index is 0.720. The maximum absolute atomic E-state index is 2.80. The van der Waals surface area contributed by atoms with Gasteiger partial charge in [-0.15, -0.1) is 0 Å². The van der Waals surface area contributed by atoms with E-state index in [1.165, 1.54) is 45.1 Å². The molecule has 0 spiro atoms. The molecule has 2 N–H and O–H groups in total. The first-order valence-electron chi connectivity index (χ1n) is 9.14. The number of nitrogens with two attached hydrogens (primary N) is 1. The Bertz CT molecular complexity index is 248. The smallest absolute Gasteiger partial charge is 0.0969 e. The predicted molar refractivity (Wildman–Crippen MR) is 81.1 cm³/mol. The summed E-state index contributed by atoms with van der Waals surface area (Å²) in [5.74, 6) is 3.35. The Kier molecular flexibility index (Phi) is 4.51. The van der Waals surface area contributed by atoms with Crippen LogP contribution in [0.25, 0.3) is 0 Å². The highest BCUT2D eigenvalue weighted by Crippen LogP contribution is 2.54. The van der Waals surface area contributed by atoms with Crippen LogP contribution in [0.1, 0.15) is 84.0 Å². The molecular weight excluding hydrogens is 230 g/mol. The third-order valence-corrected chi connectivity index (χ3v) is 6.22. The van der Waals surface area contributed by atoms with Gasteiger partial charge in [-0.25, -0.2) is 0 Å². The number of quaternary nitrogens is 1. The van der Waals surface area contributed by atoms with Crippen LogP contribution < -0.4 is 5.32 Å². The summed E-state index contributed by atoms with van der Waals surface area (Å²) in [5.41, 5.74) is 0.720. The van der Waals surface area contributed by atoms with Gasteiger partial charge < -0.3 is 5.32 Å². The molecule has 1 nitrogen and oxygen atoms in total. The van der Waals surface area contributed by atoms with Crippen LogP contribution in [0.2, 0.25) is 0 Å². The van der Waals surface area contributed by atoms with Crippen molar-refractivity contribution in [2.24, 2.45) is 17.8 Å². The summed E-state index contributed by atoms with van der Waals surface area (Å²) in [7, 11) is 0. The van der Waals surface area contributed by atoms with Gasteiger partial charge >= 0.3 is 0 Å². The monoisotopic (exact) mass is 264 g/mol. The molecule has 4 aliphatic carbocycles. The molecule has 1 heteroatoms. The SMILES string of the molecule is CCCCCCCC[NH2+]C12CC3CC(CC(C3)C1)C2. The molecule has 4 aliphatic rings. The third kappa shape index (κ3) is 3.35. The van der Waals surface area contributed by atoms with E-state index in [2.05, 4.69) is 12.2 Å². The summed E-state index contributed by atoms with van der Waals surface area (Å²) in [6.45, 7) is 3.72. The standard InChI is InChI=1S/C18H33N/c1-2-3-4-5-6-7-8-19-18-12-15-9-16(13-18)11-17(10-15)14-18/h15-17,19H,2-14H2,1H3/p+1. The minimum absolute atomic E-state index is 0.720. The summed E-state index contributed by atoms with van der Waals surface area (Å²) >= 11 is 0. The summed E-state index contributed by atoms with van der Waals surface area (Å²) < 4.78 is 0. The Hall–Kier alpha value is -0.0400. The van der Waals surface area contributed by atoms with Crippen molar-refractivity contribution in [2.75, 3.05) is 6.54 Å². The largest absolute Gasteiger partial charge is 0.341 e. The molecule has 4 bridgehead atoms. The molecular formula is C18H34N+. The zero-order valence-electron chi connectivity index (χ0n) is 13.0. The molecule has 0 saturated heterocycles. The average molecular weight is 264 g/mol. The topological polar surface area (TPSA) is 16.6 Å². The van der Waals surface area contributed by atoms with Crippen molar-refractivity contribution in [1.29, 1.82) is 0 Å². The second kappa shape index (κ2) is 6.16. The zero-order valence-corrected chi connectivity index (χ0v) is 13.0. The van der Waals surface area contributed by atoms with Crippen LogP contribution in [0, 0.1) is 17.8 Å². The molecule has 110 valence electrons. The van der Waals surface area contributed by atoms with Crippen molar-refractivity contribution in [3.8, 4) is 0 Å². The van der Waals surface area contributed by atoms with Crippen LogP contribution in [0.15, 0.2) is 0 Å². The highest BCUT2D eigenvalue weighted by molar-refractivity contribution is 5.01. The Morgan fingerprint density at radius 1 is 0.789 bits per heavy atom. The van der Waals surface area contributed by atoms with Gasteiger partial charge in [0, 0.05) is 19.3 Å². The van der Waals surface area contributed by atoms with Crippen molar-refractivity contribution in [2.45, 2.75) is 89.5 Å². The molecule has 4 rings (SSSR count). The van der Waals surface area contributed by atoms with Crippen molar-refractivity contribution < 1.29 is 5.32 Å². The second-order valence-corrected chi connectivity index (χ2v) is 8.04. The van der Waals surface area contributed by atoms with Gasteiger partial charge in [-0.2, -0.15) is 0 Å². The number of hydrogen-bond acceptors (Lipinski definition) is 0. The first-order chi connectivity index (χ1) is 9.30. The molecule has 0 amide bonds. The summed E-state index contributed by atoms with van der Waals surface area (Å²) in [6.07, 6.45) is 18.2. The molecule has 4 fully saturated rings. The molecule has 0 aromatic heterocycles.